The second-order valence-electron chi connectivity index (χ2n) is 6.20. The van der Waals surface area contributed by atoms with Crippen molar-refractivity contribution in [3.63, 3.8) is 0 Å². The monoisotopic (exact) mass is 268 g/mol. The Bertz CT molecular complexity index is 654. The molecule has 1 aromatic carbocycles. The van der Waals surface area contributed by atoms with E-state index in [1.165, 1.54) is 23.8 Å². The fraction of sp³-hybridized carbons (Fsp3) is 0.471. The van der Waals surface area contributed by atoms with Crippen molar-refractivity contribution < 1.29 is 4.74 Å². The topological polar surface area (TPSA) is 48.1 Å². The number of ether oxygens (including phenoxy) is 1. The van der Waals surface area contributed by atoms with E-state index >= 15 is 0 Å². The zero-order valence-electron chi connectivity index (χ0n) is 11.8. The maximum Gasteiger partial charge on any atom is 0.0705 e. The summed E-state index contributed by atoms with van der Waals surface area (Å²) in [5.41, 5.74) is 9.82. The number of hydrogen-bond acceptors (Lipinski definition) is 3. The molecule has 0 aliphatic carbocycles. The van der Waals surface area contributed by atoms with Crippen LogP contribution < -0.4 is 5.73 Å². The second kappa shape index (κ2) is 4.54. The quantitative estimate of drug-likeness (QED) is 0.910. The number of rotatable bonds is 2. The number of aromatic nitrogens is 1. The van der Waals surface area contributed by atoms with Gasteiger partial charge in [0.25, 0.3) is 0 Å². The molecule has 2 fully saturated rings. The van der Waals surface area contributed by atoms with Crippen molar-refractivity contribution >= 4 is 10.9 Å². The number of hydrogen-bond donors (Lipinski definition) is 1. The average molecular weight is 268 g/mol. The van der Waals surface area contributed by atoms with Gasteiger partial charge in [0.2, 0.25) is 0 Å². The van der Waals surface area contributed by atoms with Gasteiger partial charge in [0.05, 0.1) is 17.7 Å². The molecule has 4 atom stereocenters. The molecule has 1 aromatic heterocycles. The Morgan fingerprint density at radius 1 is 1.25 bits per heavy atom. The molecule has 2 N–H and O–H groups in total. The van der Waals surface area contributed by atoms with Crippen LogP contribution in [0.5, 0.6) is 0 Å². The Morgan fingerprint density at radius 2 is 2.15 bits per heavy atom. The van der Waals surface area contributed by atoms with Gasteiger partial charge in [0.15, 0.2) is 0 Å². The lowest BCUT2D eigenvalue weighted by Gasteiger charge is -2.25. The van der Waals surface area contributed by atoms with Gasteiger partial charge in [-0.25, -0.2) is 0 Å². The number of nitrogens with zero attached hydrogens (tertiary/aromatic N) is 1. The molecule has 4 unspecified atom stereocenters. The molecule has 2 aliphatic heterocycles. The van der Waals surface area contributed by atoms with Crippen LogP contribution in [0.1, 0.15) is 36.6 Å². The molecule has 4 rings (SSSR count). The average Bonchev–Trinajstić information content (AvgIpc) is 3.08. The zero-order chi connectivity index (χ0) is 13.7. The van der Waals surface area contributed by atoms with Gasteiger partial charge in [0.1, 0.15) is 0 Å². The van der Waals surface area contributed by atoms with Gasteiger partial charge >= 0.3 is 0 Å². The molecule has 2 aliphatic rings. The molecule has 20 heavy (non-hydrogen) atoms. The number of fused-ring (bicyclic) bond motifs is 3. The van der Waals surface area contributed by atoms with Crippen LogP contribution in [0.25, 0.3) is 10.9 Å². The Kier molecular flexibility index (Phi) is 2.79. The molecule has 0 saturated carbocycles. The molecular formula is C17H20N2O. The van der Waals surface area contributed by atoms with Crippen molar-refractivity contribution in [3.05, 3.63) is 41.6 Å². The van der Waals surface area contributed by atoms with Gasteiger partial charge in [-0.15, -0.1) is 0 Å². The van der Waals surface area contributed by atoms with Crippen LogP contribution in [0.15, 0.2) is 30.3 Å². The first-order valence-electron chi connectivity index (χ1n) is 7.49. The van der Waals surface area contributed by atoms with Crippen LogP contribution in [0.2, 0.25) is 0 Å². The van der Waals surface area contributed by atoms with E-state index in [4.69, 9.17) is 10.5 Å². The minimum absolute atomic E-state index is 0.0796. The van der Waals surface area contributed by atoms with Crippen molar-refractivity contribution in [1.82, 2.24) is 4.98 Å². The van der Waals surface area contributed by atoms with E-state index < -0.39 is 0 Å². The van der Waals surface area contributed by atoms with Crippen LogP contribution >= 0.6 is 0 Å². The number of aryl methyl sites for hydroxylation is 1. The second-order valence-corrected chi connectivity index (χ2v) is 6.20. The largest absolute Gasteiger partial charge is 0.375 e. The summed E-state index contributed by atoms with van der Waals surface area (Å²) in [5, 5.41) is 1.17. The fourth-order valence-electron chi connectivity index (χ4n) is 3.76. The molecule has 3 nitrogen and oxygen atoms in total. The molecular weight excluding hydrogens is 248 g/mol. The highest BCUT2D eigenvalue weighted by atomic mass is 16.5. The van der Waals surface area contributed by atoms with E-state index in [0.29, 0.717) is 18.1 Å². The van der Waals surface area contributed by atoms with Gasteiger partial charge in [-0.1, -0.05) is 12.1 Å². The van der Waals surface area contributed by atoms with E-state index in [1.54, 1.807) is 0 Å². The maximum atomic E-state index is 6.51. The van der Waals surface area contributed by atoms with E-state index in [0.717, 1.165) is 17.6 Å². The van der Waals surface area contributed by atoms with Crippen molar-refractivity contribution in [1.29, 1.82) is 0 Å². The third-order valence-electron chi connectivity index (χ3n) is 4.85. The van der Waals surface area contributed by atoms with Gasteiger partial charge in [-0.05, 0) is 49.9 Å². The number of benzene rings is 1. The molecule has 0 radical (unpaired) electrons. The maximum absolute atomic E-state index is 6.51. The molecule has 2 aromatic rings. The molecule has 2 bridgehead atoms. The first-order chi connectivity index (χ1) is 9.70. The van der Waals surface area contributed by atoms with Crippen LogP contribution in [-0.4, -0.2) is 17.2 Å². The fourth-order valence-corrected chi connectivity index (χ4v) is 3.76. The summed E-state index contributed by atoms with van der Waals surface area (Å²) in [6.45, 7) is 2.02. The highest BCUT2D eigenvalue weighted by Crippen LogP contribution is 2.44. The predicted octanol–water partition coefficient (Wildman–Crippen LogP) is 3.11. The highest BCUT2D eigenvalue weighted by molar-refractivity contribution is 5.79. The molecule has 3 heterocycles. The number of nitrogens with two attached hydrogens (primary N) is 1. The SMILES string of the molecule is Cc1ccc2cc(C(N)C3CC4CCC3O4)ccc2n1. The first-order valence-corrected chi connectivity index (χ1v) is 7.49. The van der Waals surface area contributed by atoms with Crippen molar-refractivity contribution in [2.24, 2.45) is 11.7 Å². The van der Waals surface area contributed by atoms with Crippen molar-refractivity contribution in [3.8, 4) is 0 Å². The summed E-state index contributed by atoms with van der Waals surface area (Å²) in [7, 11) is 0. The highest BCUT2D eigenvalue weighted by Gasteiger charge is 2.43. The Labute approximate surface area is 119 Å². The van der Waals surface area contributed by atoms with Gasteiger partial charge in [0, 0.05) is 23.0 Å². The van der Waals surface area contributed by atoms with Crippen molar-refractivity contribution in [2.45, 2.75) is 44.4 Å². The van der Waals surface area contributed by atoms with Crippen molar-refractivity contribution in [2.75, 3.05) is 0 Å². The standard InChI is InChI=1S/C17H20N2O/c1-10-2-3-11-8-12(4-6-15(11)19-10)17(18)14-9-13-5-7-16(14)20-13/h2-4,6,8,13-14,16-17H,5,7,9,18H2,1H3. The van der Waals surface area contributed by atoms with Crippen LogP contribution in [-0.2, 0) is 4.74 Å². The summed E-state index contributed by atoms with van der Waals surface area (Å²) < 4.78 is 5.94. The summed E-state index contributed by atoms with van der Waals surface area (Å²) in [6, 6.07) is 10.7. The lowest BCUT2D eigenvalue weighted by molar-refractivity contribution is 0.0885. The molecule has 0 spiro atoms. The normalized spacial score (nSPS) is 30.0. The molecule has 3 heteroatoms. The lowest BCUT2D eigenvalue weighted by atomic mass is 9.81. The molecule has 104 valence electrons. The smallest absolute Gasteiger partial charge is 0.0705 e. The molecule has 0 amide bonds. The summed E-state index contributed by atoms with van der Waals surface area (Å²) in [5.74, 6) is 0.476. The van der Waals surface area contributed by atoms with Crippen LogP contribution in [0.3, 0.4) is 0 Å². The Hall–Kier alpha value is -1.45. The van der Waals surface area contributed by atoms with E-state index in [2.05, 4.69) is 35.3 Å². The van der Waals surface area contributed by atoms with Gasteiger partial charge < -0.3 is 10.5 Å². The lowest BCUT2D eigenvalue weighted by Crippen LogP contribution is -2.29. The van der Waals surface area contributed by atoms with Crippen LogP contribution in [0, 0.1) is 12.8 Å². The minimum Gasteiger partial charge on any atom is -0.375 e. The zero-order valence-corrected chi connectivity index (χ0v) is 11.8. The molecule has 2 saturated heterocycles. The van der Waals surface area contributed by atoms with E-state index in [9.17, 15) is 0 Å². The Morgan fingerprint density at radius 3 is 2.90 bits per heavy atom. The minimum atomic E-state index is 0.0796. The van der Waals surface area contributed by atoms with Crippen LogP contribution in [0.4, 0.5) is 0 Å². The summed E-state index contributed by atoms with van der Waals surface area (Å²) in [6.07, 6.45) is 4.35. The Balaban J connectivity index is 1.66. The summed E-state index contributed by atoms with van der Waals surface area (Å²) in [4.78, 5) is 4.55. The number of pyridine rings is 1. The van der Waals surface area contributed by atoms with E-state index in [1.807, 2.05) is 6.92 Å². The van der Waals surface area contributed by atoms with Gasteiger partial charge in [-0.2, -0.15) is 0 Å². The first kappa shape index (κ1) is 12.3. The van der Waals surface area contributed by atoms with Gasteiger partial charge in [-0.3, -0.25) is 4.98 Å². The summed E-state index contributed by atoms with van der Waals surface area (Å²) >= 11 is 0. The third kappa shape index (κ3) is 1.93. The third-order valence-corrected chi connectivity index (χ3v) is 4.85. The predicted molar refractivity (Wildman–Crippen MR) is 79.4 cm³/mol. The van der Waals surface area contributed by atoms with E-state index in [-0.39, 0.29) is 6.04 Å².